The largest absolute Gasteiger partial charge is 0.378 e. The van der Waals surface area contributed by atoms with Gasteiger partial charge in [0.1, 0.15) is 5.60 Å². The van der Waals surface area contributed by atoms with E-state index in [1.807, 2.05) is 0 Å². The second-order valence-electron chi connectivity index (χ2n) is 3.36. The van der Waals surface area contributed by atoms with Gasteiger partial charge in [-0.15, -0.1) is 6.42 Å². The lowest BCUT2D eigenvalue weighted by molar-refractivity contribution is 0.113. The zero-order chi connectivity index (χ0) is 9.61. The highest BCUT2D eigenvalue weighted by Crippen LogP contribution is 2.12. The van der Waals surface area contributed by atoms with Gasteiger partial charge in [0.2, 0.25) is 0 Å². The molecule has 1 atom stereocenters. The predicted molar refractivity (Wildman–Crippen MR) is 52.7 cm³/mol. The second kappa shape index (κ2) is 5.00. The first-order chi connectivity index (χ1) is 5.52. The summed E-state index contributed by atoms with van der Waals surface area (Å²) in [4.78, 5) is 0. The molecule has 0 aromatic heterocycles. The van der Waals surface area contributed by atoms with Gasteiger partial charge in [0.15, 0.2) is 0 Å². The summed E-state index contributed by atoms with van der Waals surface area (Å²) in [5.41, 5.74) is 0.410. The molecule has 0 amide bonds. The van der Waals surface area contributed by atoms with E-state index < -0.39 is 5.60 Å². The molecular weight excluding hydrogens is 148 g/mol. The predicted octanol–water partition coefficient (Wildman–Crippen LogP) is 2.51. The van der Waals surface area contributed by atoms with Crippen LogP contribution >= 0.6 is 0 Å². The van der Waals surface area contributed by atoms with Crippen molar-refractivity contribution in [3.63, 3.8) is 0 Å². The van der Waals surface area contributed by atoms with E-state index in [1.165, 1.54) is 5.57 Å². The van der Waals surface area contributed by atoms with Crippen LogP contribution in [0.5, 0.6) is 0 Å². The highest BCUT2D eigenvalue weighted by molar-refractivity contribution is 5.06. The molecule has 0 rings (SSSR count). The smallest absolute Gasteiger partial charge is 0.122 e. The van der Waals surface area contributed by atoms with Crippen LogP contribution in [0.2, 0.25) is 0 Å². The van der Waals surface area contributed by atoms with Crippen LogP contribution in [0, 0.1) is 12.3 Å². The van der Waals surface area contributed by atoms with Crippen LogP contribution in [0.3, 0.4) is 0 Å². The summed E-state index contributed by atoms with van der Waals surface area (Å²) in [6, 6.07) is 0. The van der Waals surface area contributed by atoms with Gasteiger partial charge in [-0.2, -0.15) is 0 Å². The minimum Gasteiger partial charge on any atom is -0.378 e. The molecule has 1 unspecified atom stereocenters. The lowest BCUT2D eigenvalue weighted by atomic mass is 10.0. The third kappa shape index (κ3) is 4.98. The maximum atomic E-state index is 9.44. The Hall–Kier alpha value is -0.740. The normalized spacial score (nSPS) is 16.8. The Morgan fingerprint density at radius 2 is 2.25 bits per heavy atom. The van der Waals surface area contributed by atoms with Gasteiger partial charge in [0, 0.05) is 0 Å². The monoisotopic (exact) mass is 166 g/mol. The van der Waals surface area contributed by atoms with Gasteiger partial charge < -0.3 is 5.11 Å². The lowest BCUT2D eigenvalue weighted by Crippen LogP contribution is -2.20. The maximum Gasteiger partial charge on any atom is 0.122 e. The summed E-state index contributed by atoms with van der Waals surface area (Å²) < 4.78 is 0. The average molecular weight is 166 g/mol. The molecule has 0 fully saturated rings. The molecular formula is C11H18O. The molecule has 0 aliphatic carbocycles. The van der Waals surface area contributed by atoms with E-state index in [1.54, 1.807) is 6.92 Å². The number of hydrogen-bond acceptors (Lipinski definition) is 1. The van der Waals surface area contributed by atoms with Crippen molar-refractivity contribution in [1.82, 2.24) is 0 Å². The van der Waals surface area contributed by atoms with Crippen molar-refractivity contribution in [2.45, 2.75) is 45.6 Å². The Kier molecular flexibility index (Phi) is 4.70. The number of allylic oxidation sites excluding steroid dienone is 2. The van der Waals surface area contributed by atoms with E-state index in [4.69, 9.17) is 6.42 Å². The van der Waals surface area contributed by atoms with Crippen LogP contribution in [-0.4, -0.2) is 10.7 Å². The van der Waals surface area contributed by atoms with Crippen molar-refractivity contribution in [3.8, 4) is 12.3 Å². The molecule has 0 saturated heterocycles. The van der Waals surface area contributed by atoms with Crippen molar-refractivity contribution in [3.05, 3.63) is 11.6 Å². The summed E-state index contributed by atoms with van der Waals surface area (Å²) >= 11 is 0. The van der Waals surface area contributed by atoms with E-state index in [0.29, 0.717) is 6.42 Å². The highest BCUT2D eigenvalue weighted by Gasteiger charge is 2.14. The quantitative estimate of drug-likeness (QED) is 0.502. The molecule has 12 heavy (non-hydrogen) atoms. The molecule has 1 nitrogen and oxygen atoms in total. The Morgan fingerprint density at radius 3 is 2.67 bits per heavy atom. The molecule has 68 valence electrons. The molecule has 1 N–H and O–H groups in total. The summed E-state index contributed by atoms with van der Waals surface area (Å²) in [5.74, 6) is 2.36. The van der Waals surface area contributed by atoms with E-state index in [-0.39, 0.29) is 0 Å². The van der Waals surface area contributed by atoms with Crippen molar-refractivity contribution in [2.24, 2.45) is 0 Å². The SMILES string of the molecule is C#CC(C)(O)CC/C=C(\C)CC. The molecule has 0 heterocycles. The highest BCUT2D eigenvalue weighted by atomic mass is 16.3. The molecule has 0 saturated carbocycles. The van der Waals surface area contributed by atoms with Gasteiger partial charge in [-0.05, 0) is 33.1 Å². The fraction of sp³-hybridized carbons (Fsp3) is 0.636. The third-order valence-corrected chi connectivity index (χ3v) is 1.99. The van der Waals surface area contributed by atoms with Gasteiger partial charge >= 0.3 is 0 Å². The summed E-state index contributed by atoms with van der Waals surface area (Å²) in [7, 11) is 0. The van der Waals surface area contributed by atoms with E-state index in [9.17, 15) is 5.11 Å². The topological polar surface area (TPSA) is 20.2 Å². The Bertz CT molecular complexity index is 194. The molecule has 0 aromatic rings. The first kappa shape index (κ1) is 11.3. The van der Waals surface area contributed by atoms with Gasteiger partial charge in [0.05, 0.1) is 0 Å². The minimum absolute atomic E-state index is 0.640. The van der Waals surface area contributed by atoms with Crippen LogP contribution in [0.4, 0.5) is 0 Å². The molecule has 0 aliphatic heterocycles. The van der Waals surface area contributed by atoms with Crippen LogP contribution < -0.4 is 0 Å². The van der Waals surface area contributed by atoms with Crippen LogP contribution in [-0.2, 0) is 0 Å². The van der Waals surface area contributed by atoms with Gasteiger partial charge in [-0.1, -0.05) is 24.5 Å². The average Bonchev–Trinajstić information content (AvgIpc) is 2.04. The van der Waals surface area contributed by atoms with E-state index in [2.05, 4.69) is 25.8 Å². The summed E-state index contributed by atoms with van der Waals surface area (Å²) in [6.07, 6.45) is 9.83. The van der Waals surface area contributed by atoms with Crippen molar-refractivity contribution in [1.29, 1.82) is 0 Å². The number of rotatable bonds is 4. The minimum atomic E-state index is -0.940. The zero-order valence-electron chi connectivity index (χ0n) is 8.22. The summed E-state index contributed by atoms with van der Waals surface area (Å²) in [6.45, 7) is 5.87. The van der Waals surface area contributed by atoms with Crippen LogP contribution in [0.15, 0.2) is 11.6 Å². The van der Waals surface area contributed by atoms with Crippen LogP contribution in [0.1, 0.15) is 40.0 Å². The first-order valence-corrected chi connectivity index (χ1v) is 4.37. The fourth-order valence-corrected chi connectivity index (χ4v) is 0.816. The number of aliphatic hydroxyl groups is 1. The zero-order valence-corrected chi connectivity index (χ0v) is 8.22. The second-order valence-corrected chi connectivity index (χ2v) is 3.36. The lowest BCUT2D eigenvalue weighted by Gasteiger charge is -2.14. The van der Waals surface area contributed by atoms with Crippen molar-refractivity contribution in [2.75, 3.05) is 0 Å². The number of hydrogen-bond donors (Lipinski definition) is 1. The van der Waals surface area contributed by atoms with E-state index in [0.717, 1.165) is 12.8 Å². The van der Waals surface area contributed by atoms with Gasteiger partial charge in [0.25, 0.3) is 0 Å². The Balaban J connectivity index is 3.79. The van der Waals surface area contributed by atoms with Gasteiger partial charge in [-0.3, -0.25) is 0 Å². The molecule has 1 heteroatoms. The summed E-state index contributed by atoms with van der Waals surface area (Å²) in [5, 5.41) is 9.44. The van der Waals surface area contributed by atoms with E-state index >= 15 is 0 Å². The fourth-order valence-electron chi connectivity index (χ4n) is 0.816. The molecule has 0 aromatic carbocycles. The van der Waals surface area contributed by atoms with Gasteiger partial charge in [-0.25, -0.2) is 0 Å². The maximum absolute atomic E-state index is 9.44. The molecule has 0 radical (unpaired) electrons. The molecule has 0 spiro atoms. The molecule has 0 aliphatic rings. The standard InChI is InChI=1S/C11H18O/c1-5-10(3)8-7-9-11(4,12)6-2/h2,8,12H,5,7,9H2,1,3-4H3/b10-8+. The van der Waals surface area contributed by atoms with Crippen molar-refractivity contribution >= 4 is 0 Å². The van der Waals surface area contributed by atoms with Crippen LogP contribution in [0.25, 0.3) is 0 Å². The molecule has 0 bridgehead atoms. The first-order valence-electron chi connectivity index (χ1n) is 4.37. The Morgan fingerprint density at radius 1 is 1.67 bits per heavy atom. The van der Waals surface area contributed by atoms with Crippen molar-refractivity contribution < 1.29 is 5.11 Å². The Labute approximate surface area is 75.5 Å². The third-order valence-electron chi connectivity index (χ3n) is 1.99. The number of terminal acetylenes is 1.